The van der Waals surface area contributed by atoms with Crippen LogP contribution in [-0.2, 0) is 9.59 Å². The lowest BCUT2D eigenvalue weighted by molar-refractivity contribution is -0.139. The van der Waals surface area contributed by atoms with Crippen molar-refractivity contribution in [1.29, 1.82) is 0 Å². The predicted molar refractivity (Wildman–Crippen MR) is 112 cm³/mol. The fraction of sp³-hybridized carbons (Fsp3) is 0.100. The number of carboxylic acid groups (broad SMARTS) is 1. The van der Waals surface area contributed by atoms with Crippen LogP contribution in [0.25, 0.3) is 6.08 Å². The van der Waals surface area contributed by atoms with Crippen LogP contribution >= 0.6 is 24.0 Å². The lowest BCUT2D eigenvalue weighted by Crippen LogP contribution is -2.33. The molecule has 0 spiro atoms. The van der Waals surface area contributed by atoms with E-state index >= 15 is 0 Å². The summed E-state index contributed by atoms with van der Waals surface area (Å²) in [4.78, 5) is 37.9. The first kappa shape index (κ1) is 19.8. The van der Waals surface area contributed by atoms with E-state index in [0.29, 0.717) is 20.4 Å². The van der Waals surface area contributed by atoms with Gasteiger partial charge in [0.1, 0.15) is 4.32 Å². The van der Waals surface area contributed by atoms with Gasteiger partial charge in [0.25, 0.3) is 11.8 Å². The third kappa shape index (κ3) is 4.29. The number of hydrogen-bond acceptors (Lipinski definition) is 5. The standard InChI is InChI=1S/C20H16N2O4S2/c1-22-18(24)15(28-20(22)27)11-12-7-9-14(10-8-12)17(23)21-16(19(25)26)13-5-3-2-4-6-13/h2-11,16H,1H3,(H,21,23)(H,25,26)/b15-11+/t16-/m0/s1. The highest BCUT2D eigenvalue weighted by atomic mass is 32.2. The molecular formula is C20H16N2O4S2. The van der Waals surface area contributed by atoms with Crippen molar-refractivity contribution in [2.75, 3.05) is 7.05 Å². The number of nitrogens with one attached hydrogen (secondary N) is 1. The van der Waals surface area contributed by atoms with Gasteiger partial charge in [-0.05, 0) is 29.3 Å². The van der Waals surface area contributed by atoms with Gasteiger partial charge in [-0.2, -0.15) is 0 Å². The van der Waals surface area contributed by atoms with Crippen molar-refractivity contribution in [1.82, 2.24) is 10.2 Å². The van der Waals surface area contributed by atoms with Crippen LogP contribution in [0.4, 0.5) is 0 Å². The summed E-state index contributed by atoms with van der Waals surface area (Å²) in [5.74, 6) is -1.80. The first-order valence-electron chi connectivity index (χ1n) is 8.27. The van der Waals surface area contributed by atoms with Gasteiger partial charge in [0.2, 0.25) is 0 Å². The Kier molecular flexibility index (Phi) is 5.91. The van der Waals surface area contributed by atoms with E-state index in [0.717, 1.165) is 5.56 Å². The number of hydrogen-bond donors (Lipinski definition) is 2. The molecule has 0 unspecified atom stereocenters. The van der Waals surface area contributed by atoms with Crippen molar-refractivity contribution >= 4 is 52.2 Å². The molecule has 0 aliphatic carbocycles. The number of nitrogens with zero attached hydrogens (tertiary/aromatic N) is 1. The Bertz CT molecular complexity index is 971. The number of benzene rings is 2. The number of likely N-dealkylation sites (N-methyl/N-ethyl adjacent to an activating group) is 1. The van der Waals surface area contributed by atoms with Crippen LogP contribution in [0.2, 0.25) is 0 Å². The summed E-state index contributed by atoms with van der Waals surface area (Å²) in [5.41, 5.74) is 1.55. The number of aliphatic carboxylic acids is 1. The van der Waals surface area contributed by atoms with Gasteiger partial charge in [0.15, 0.2) is 6.04 Å². The van der Waals surface area contributed by atoms with Crippen LogP contribution in [0.5, 0.6) is 0 Å². The van der Waals surface area contributed by atoms with E-state index in [1.807, 2.05) is 0 Å². The summed E-state index contributed by atoms with van der Waals surface area (Å²) in [7, 11) is 1.62. The highest BCUT2D eigenvalue weighted by Crippen LogP contribution is 2.31. The maximum Gasteiger partial charge on any atom is 0.330 e. The van der Waals surface area contributed by atoms with Crippen molar-refractivity contribution in [3.05, 3.63) is 76.2 Å². The van der Waals surface area contributed by atoms with Crippen molar-refractivity contribution in [3.63, 3.8) is 0 Å². The van der Waals surface area contributed by atoms with E-state index in [1.165, 1.54) is 16.7 Å². The Balaban J connectivity index is 1.74. The van der Waals surface area contributed by atoms with E-state index in [-0.39, 0.29) is 5.91 Å². The Morgan fingerprint density at radius 2 is 1.79 bits per heavy atom. The van der Waals surface area contributed by atoms with Crippen LogP contribution < -0.4 is 5.32 Å². The normalized spacial score (nSPS) is 16.3. The zero-order chi connectivity index (χ0) is 20.3. The van der Waals surface area contributed by atoms with Gasteiger partial charge in [-0.15, -0.1) is 0 Å². The zero-order valence-corrected chi connectivity index (χ0v) is 16.4. The Hall–Kier alpha value is -2.97. The molecule has 3 rings (SSSR count). The van der Waals surface area contributed by atoms with Crippen molar-refractivity contribution in [2.45, 2.75) is 6.04 Å². The topological polar surface area (TPSA) is 86.7 Å². The molecule has 2 N–H and O–H groups in total. The van der Waals surface area contributed by atoms with E-state index in [9.17, 15) is 19.5 Å². The second kappa shape index (κ2) is 8.37. The van der Waals surface area contributed by atoms with Crippen molar-refractivity contribution in [2.24, 2.45) is 0 Å². The van der Waals surface area contributed by atoms with Gasteiger partial charge in [-0.3, -0.25) is 14.5 Å². The number of thioether (sulfide) groups is 1. The number of carbonyl (C=O) groups is 3. The Morgan fingerprint density at radius 1 is 1.14 bits per heavy atom. The summed E-state index contributed by atoms with van der Waals surface area (Å²) in [6, 6.07) is 13.9. The summed E-state index contributed by atoms with van der Waals surface area (Å²) < 4.78 is 0.493. The molecule has 2 aromatic rings. The molecule has 8 heteroatoms. The molecule has 1 atom stereocenters. The summed E-state index contributed by atoms with van der Waals surface area (Å²) in [6.07, 6.45) is 1.70. The average molecular weight is 412 g/mol. The fourth-order valence-corrected chi connectivity index (χ4v) is 3.75. The number of rotatable bonds is 5. The lowest BCUT2D eigenvalue weighted by atomic mass is 10.1. The largest absolute Gasteiger partial charge is 0.479 e. The zero-order valence-electron chi connectivity index (χ0n) is 14.8. The molecule has 2 aromatic carbocycles. The maximum atomic E-state index is 12.5. The van der Waals surface area contributed by atoms with Gasteiger partial charge in [-0.25, -0.2) is 4.79 Å². The van der Waals surface area contributed by atoms with Crippen LogP contribution in [0.1, 0.15) is 27.5 Å². The van der Waals surface area contributed by atoms with E-state index < -0.39 is 17.9 Å². The molecule has 2 amide bonds. The summed E-state index contributed by atoms with van der Waals surface area (Å²) >= 11 is 6.32. The maximum absolute atomic E-state index is 12.5. The smallest absolute Gasteiger partial charge is 0.330 e. The molecule has 28 heavy (non-hydrogen) atoms. The minimum atomic E-state index is -1.14. The molecule has 142 valence electrons. The average Bonchev–Trinajstić information content (AvgIpc) is 2.93. The number of carboxylic acids is 1. The second-order valence-electron chi connectivity index (χ2n) is 6.02. The molecule has 6 nitrogen and oxygen atoms in total. The predicted octanol–water partition coefficient (Wildman–Crippen LogP) is 3.07. The fourth-order valence-electron chi connectivity index (χ4n) is 2.58. The summed E-state index contributed by atoms with van der Waals surface area (Å²) in [5, 5.41) is 11.9. The molecule has 1 aliphatic heterocycles. The van der Waals surface area contributed by atoms with Gasteiger partial charge in [0.05, 0.1) is 4.91 Å². The summed E-state index contributed by atoms with van der Waals surface area (Å²) in [6.45, 7) is 0. The van der Waals surface area contributed by atoms with E-state index in [4.69, 9.17) is 12.2 Å². The molecule has 0 aromatic heterocycles. The molecule has 0 saturated carbocycles. The first-order chi connectivity index (χ1) is 13.4. The minimum absolute atomic E-state index is 0.163. The van der Waals surface area contributed by atoms with Gasteiger partial charge >= 0.3 is 5.97 Å². The highest BCUT2D eigenvalue weighted by molar-refractivity contribution is 8.26. The molecule has 1 fully saturated rings. The lowest BCUT2D eigenvalue weighted by Gasteiger charge is -2.15. The second-order valence-corrected chi connectivity index (χ2v) is 7.69. The number of carbonyl (C=O) groups excluding carboxylic acids is 2. The third-order valence-corrected chi connectivity index (χ3v) is 5.60. The third-order valence-electron chi connectivity index (χ3n) is 4.11. The van der Waals surface area contributed by atoms with E-state index in [2.05, 4.69) is 5.32 Å². The molecular weight excluding hydrogens is 396 g/mol. The van der Waals surface area contributed by atoms with Gasteiger partial charge in [-0.1, -0.05) is 66.4 Å². The van der Waals surface area contributed by atoms with Gasteiger partial charge in [0, 0.05) is 12.6 Å². The Labute approximate surface area is 171 Å². The number of amides is 2. The first-order valence-corrected chi connectivity index (χ1v) is 9.49. The molecule has 0 bridgehead atoms. The van der Waals surface area contributed by atoms with Gasteiger partial charge < -0.3 is 10.4 Å². The van der Waals surface area contributed by atoms with Crippen LogP contribution in [-0.4, -0.2) is 39.2 Å². The molecule has 0 radical (unpaired) electrons. The Morgan fingerprint density at radius 3 is 2.32 bits per heavy atom. The SMILES string of the molecule is CN1C(=O)/C(=C\c2ccc(C(=O)N[C@H](C(=O)O)c3ccccc3)cc2)SC1=S. The molecule has 1 aliphatic rings. The van der Waals surface area contributed by atoms with Crippen molar-refractivity contribution in [3.8, 4) is 0 Å². The molecule has 1 saturated heterocycles. The van der Waals surface area contributed by atoms with Crippen LogP contribution in [0.15, 0.2) is 59.5 Å². The highest BCUT2D eigenvalue weighted by Gasteiger charge is 2.28. The molecule has 1 heterocycles. The minimum Gasteiger partial charge on any atom is -0.479 e. The quantitative estimate of drug-likeness (QED) is 0.580. The monoisotopic (exact) mass is 412 g/mol. The van der Waals surface area contributed by atoms with E-state index in [1.54, 1.807) is 67.7 Å². The van der Waals surface area contributed by atoms with Crippen LogP contribution in [0, 0.1) is 0 Å². The van der Waals surface area contributed by atoms with Crippen molar-refractivity contribution < 1.29 is 19.5 Å². The number of thiocarbonyl (C=S) groups is 1. The van der Waals surface area contributed by atoms with Crippen LogP contribution in [0.3, 0.4) is 0 Å².